The van der Waals surface area contributed by atoms with Gasteiger partial charge in [0.25, 0.3) is 0 Å². The van der Waals surface area contributed by atoms with E-state index in [9.17, 15) is 0 Å². The first-order valence-corrected chi connectivity index (χ1v) is 8.20. The second-order valence-electron chi connectivity index (χ2n) is 5.69. The van der Waals surface area contributed by atoms with Gasteiger partial charge in [-0.05, 0) is 25.3 Å². The number of hydrogen-bond donors (Lipinski definition) is 0. The van der Waals surface area contributed by atoms with Gasteiger partial charge in [-0.25, -0.2) is 9.97 Å². The molecular formula is C14H18N6S. The molecule has 0 spiro atoms. The number of imidazole rings is 1. The van der Waals surface area contributed by atoms with Crippen LogP contribution < -0.4 is 0 Å². The van der Waals surface area contributed by atoms with Gasteiger partial charge in [0.15, 0.2) is 4.96 Å². The topological polar surface area (TPSA) is 51.2 Å². The summed E-state index contributed by atoms with van der Waals surface area (Å²) in [5.74, 6) is 0.657. The van der Waals surface area contributed by atoms with E-state index in [0.29, 0.717) is 5.92 Å². The minimum atomic E-state index is 0.657. The van der Waals surface area contributed by atoms with Crippen LogP contribution in [-0.2, 0) is 13.1 Å². The second kappa shape index (κ2) is 5.57. The lowest BCUT2D eigenvalue weighted by Crippen LogP contribution is -2.36. The molecule has 21 heavy (non-hydrogen) atoms. The molecule has 1 saturated heterocycles. The first-order chi connectivity index (χ1) is 10.4. The van der Waals surface area contributed by atoms with E-state index in [-0.39, 0.29) is 0 Å². The second-order valence-corrected chi connectivity index (χ2v) is 6.56. The van der Waals surface area contributed by atoms with Gasteiger partial charge in [0, 0.05) is 37.4 Å². The number of piperidine rings is 1. The van der Waals surface area contributed by atoms with Gasteiger partial charge in [-0.2, -0.15) is 5.10 Å². The predicted molar refractivity (Wildman–Crippen MR) is 81.1 cm³/mol. The Balaban J connectivity index is 1.39. The lowest BCUT2D eigenvalue weighted by Gasteiger charge is -2.32. The molecule has 7 heteroatoms. The number of thiazole rings is 1. The van der Waals surface area contributed by atoms with Crippen LogP contribution in [0.3, 0.4) is 0 Å². The smallest absolute Gasteiger partial charge is 0.193 e. The lowest BCUT2D eigenvalue weighted by molar-refractivity contribution is 0.152. The molecule has 0 amide bonds. The van der Waals surface area contributed by atoms with Crippen LogP contribution >= 0.6 is 11.3 Å². The number of fused-ring (bicyclic) bond motifs is 1. The van der Waals surface area contributed by atoms with Crippen molar-refractivity contribution < 1.29 is 0 Å². The molecule has 4 heterocycles. The summed E-state index contributed by atoms with van der Waals surface area (Å²) in [5, 5.41) is 6.28. The van der Waals surface area contributed by atoms with Crippen molar-refractivity contribution in [1.29, 1.82) is 0 Å². The maximum Gasteiger partial charge on any atom is 0.193 e. The van der Waals surface area contributed by atoms with Crippen molar-refractivity contribution in [2.75, 3.05) is 13.1 Å². The van der Waals surface area contributed by atoms with E-state index in [1.807, 2.05) is 11.0 Å². The molecule has 3 aromatic heterocycles. The Morgan fingerprint density at radius 1 is 1.38 bits per heavy atom. The largest absolute Gasteiger partial charge is 0.297 e. The maximum absolute atomic E-state index is 4.68. The van der Waals surface area contributed by atoms with Crippen LogP contribution in [0.25, 0.3) is 4.96 Å². The van der Waals surface area contributed by atoms with Gasteiger partial charge in [0.1, 0.15) is 12.7 Å². The van der Waals surface area contributed by atoms with Crippen molar-refractivity contribution >= 4 is 16.3 Å². The summed E-state index contributed by atoms with van der Waals surface area (Å²) in [6.07, 6.45) is 10.2. The van der Waals surface area contributed by atoms with Gasteiger partial charge in [0.05, 0.1) is 5.69 Å². The van der Waals surface area contributed by atoms with Crippen LogP contribution in [0, 0.1) is 5.92 Å². The number of aromatic nitrogens is 5. The van der Waals surface area contributed by atoms with E-state index in [1.165, 1.54) is 25.1 Å². The molecule has 0 unspecified atom stereocenters. The fourth-order valence-corrected chi connectivity index (χ4v) is 3.84. The zero-order valence-electron chi connectivity index (χ0n) is 11.8. The summed E-state index contributed by atoms with van der Waals surface area (Å²) in [7, 11) is 0. The molecule has 110 valence electrons. The average molecular weight is 302 g/mol. The zero-order chi connectivity index (χ0) is 14.1. The summed E-state index contributed by atoms with van der Waals surface area (Å²) in [6.45, 7) is 4.20. The molecule has 4 rings (SSSR count). The first-order valence-electron chi connectivity index (χ1n) is 7.33. The average Bonchev–Trinajstić information content (AvgIpc) is 3.16. The van der Waals surface area contributed by atoms with Gasteiger partial charge < -0.3 is 0 Å². The number of rotatable bonds is 4. The molecule has 0 bridgehead atoms. The van der Waals surface area contributed by atoms with E-state index >= 15 is 0 Å². The Bertz CT molecular complexity index is 672. The van der Waals surface area contributed by atoms with Gasteiger partial charge in [-0.1, -0.05) is 0 Å². The Morgan fingerprint density at radius 3 is 3.24 bits per heavy atom. The highest BCUT2D eigenvalue weighted by Crippen LogP contribution is 2.20. The molecular weight excluding hydrogens is 284 g/mol. The fraction of sp³-hybridized carbons (Fsp3) is 0.500. The van der Waals surface area contributed by atoms with Crippen molar-refractivity contribution in [2.45, 2.75) is 25.9 Å². The monoisotopic (exact) mass is 302 g/mol. The zero-order valence-corrected chi connectivity index (χ0v) is 12.6. The highest BCUT2D eigenvalue weighted by atomic mass is 32.1. The van der Waals surface area contributed by atoms with Gasteiger partial charge in [-0.3, -0.25) is 14.0 Å². The molecule has 0 radical (unpaired) electrons. The first kappa shape index (κ1) is 13.0. The van der Waals surface area contributed by atoms with Crippen LogP contribution in [0.2, 0.25) is 0 Å². The van der Waals surface area contributed by atoms with Crippen LogP contribution in [0.5, 0.6) is 0 Å². The Kier molecular flexibility index (Phi) is 3.44. The molecule has 0 aromatic carbocycles. The summed E-state index contributed by atoms with van der Waals surface area (Å²) in [4.78, 5) is 12.3. The molecule has 1 atom stereocenters. The summed E-state index contributed by atoms with van der Waals surface area (Å²) >= 11 is 1.69. The number of hydrogen-bond acceptors (Lipinski definition) is 5. The van der Waals surface area contributed by atoms with E-state index < -0.39 is 0 Å². The fourth-order valence-electron chi connectivity index (χ4n) is 3.12. The van der Waals surface area contributed by atoms with Crippen molar-refractivity contribution in [1.82, 2.24) is 29.0 Å². The van der Waals surface area contributed by atoms with E-state index in [4.69, 9.17) is 0 Å². The predicted octanol–water partition coefficient (Wildman–Crippen LogP) is 1.90. The normalized spacial score (nSPS) is 20.3. The Morgan fingerprint density at radius 2 is 2.38 bits per heavy atom. The third-order valence-electron chi connectivity index (χ3n) is 4.04. The van der Waals surface area contributed by atoms with Crippen molar-refractivity contribution in [3.05, 3.63) is 36.1 Å². The Labute approximate surface area is 127 Å². The summed E-state index contributed by atoms with van der Waals surface area (Å²) in [5.41, 5.74) is 1.17. The Hall–Kier alpha value is -1.73. The highest BCUT2D eigenvalue weighted by molar-refractivity contribution is 7.15. The van der Waals surface area contributed by atoms with E-state index in [2.05, 4.69) is 42.1 Å². The van der Waals surface area contributed by atoms with Crippen LogP contribution in [-0.4, -0.2) is 42.1 Å². The molecule has 6 nitrogen and oxygen atoms in total. The van der Waals surface area contributed by atoms with Gasteiger partial charge in [-0.15, -0.1) is 11.3 Å². The van der Waals surface area contributed by atoms with Crippen LogP contribution in [0.15, 0.2) is 30.4 Å². The molecule has 0 saturated carbocycles. The standard InChI is InChI=1S/C14H18N6S/c1-2-12(7-20-11-15-10-16-20)6-18(3-1)8-13-9-19-4-5-21-14(19)17-13/h4-5,9-12H,1-3,6-8H2/t12-/m1/s1. The number of nitrogens with zero attached hydrogens (tertiary/aromatic N) is 6. The molecule has 0 aliphatic carbocycles. The van der Waals surface area contributed by atoms with Crippen LogP contribution in [0.1, 0.15) is 18.5 Å². The van der Waals surface area contributed by atoms with E-state index in [0.717, 1.165) is 24.6 Å². The third-order valence-corrected chi connectivity index (χ3v) is 4.81. The number of likely N-dealkylation sites (tertiary alicyclic amines) is 1. The minimum absolute atomic E-state index is 0.657. The van der Waals surface area contributed by atoms with Gasteiger partial charge in [0.2, 0.25) is 0 Å². The molecule has 0 N–H and O–H groups in total. The van der Waals surface area contributed by atoms with Crippen molar-refractivity contribution in [3.63, 3.8) is 0 Å². The summed E-state index contributed by atoms with van der Waals surface area (Å²) in [6, 6.07) is 0. The molecule has 3 aromatic rings. The molecule has 1 aliphatic rings. The molecule has 1 fully saturated rings. The summed E-state index contributed by atoms with van der Waals surface area (Å²) < 4.78 is 4.05. The minimum Gasteiger partial charge on any atom is -0.297 e. The van der Waals surface area contributed by atoms with Gasteiger partial charge >= 0.3 is 0 Å². The van der Waals surface area contributed by atoms with Crippen LogP contribution in [0.4, 0.5) is 0 Å². The highest BCUT2D eigenvalue weighted by Gasteiger charge is 2.21. The maximum atomic E-state index is 4.68. The van der Waals surface area contributed by atoms with Crippen molar-refractivity contribution in [2.24, 2.45) is 5.92 Å². The van der Waals surface area contributed by atoms with Crippen molar-refractivity contribution in [3.8, 4) is 0 Å². The third kappa shape index (κ3) is 2.84. The SMILES string of the molecule is c1ncn(C[C@@H]2CCCN(Cc3cn4ccsc4n3)C2)n1. The quantitative estimate of drug-likeness (QED) is 0.738. The molecule has 1 aliphatic heterocycles. The lowest BCUT2D eigenvalue weighted by atomic mass is 9.98. The van der Waals surface area contributed by atoms with E-state index in [1.54, 1.807) is 17.7 Å².